The second-order valence-corrected chi connectivity index (χ2v) is 3.32. The maximum atomic E-state index is 5.56. The fourth-order valence-electron chi connectivity index (χ4n) is 1.33. The summed E-state index contributed by atoms with van der Waals surface area (Å²) in [5, 5.41) is 7.82. The van der Waals surface area contributed by atoms with E-state index in [1.165, 1.54) is 0 Å². The van der Waals surface area contributed by atoms with Crippen LogP contribution in [0.2, 0.25) is 0 Å². The van der Waals surface area contributed by atoms with Crippen LogP contribution in [-0.2, 0) is 6.54 Å². The molecule has 0 bridgehead atoms. The van der Waals surface area contributed by atoms with E-state index in [4.69, 9.17) is 15.2 Å². The van der Waals surface area contributed by atoms with Gasteiger partial charge >= 0.3 is 0 Å². The average molecular weight is 231 g/mol. The molecule has 2 N–H and O–H groups in total. The standard InChI is InChI=1S/C12H13N3O2/c1-16-10-4-2-3-5-11(10)17-12-7-6-9(8-13)14-15-12/h2-7H,8,13H2,1H3. The third-order valence-corrected chi connectivity index (χ3v) is 2.19. The van der Waals surface area contributed by atoms with Gasteiger partial charge in [-0.3, -0.25) is 0 Å². The quantitative estimate of drug-likeness (QED) is 0.867. The van der Waals surface area contributed by atoms with Crippen LogP contribution in [0.25, 0.3) is 0 Å². The van der Waals surface area contributed by atoms with Gasteiger partial charge in [0.1, 0.15) is 0 Å². The normalized spacial score (nSPS) is 10.0. The summed E-state index contributed by atoms with van der Waals surface area (Å²) in [4.78, 5) is 0. The number of hydrogen-bond acceptors (Lipinski definition) is 5. The number of aromatic nitrogens is 2. The number of ether oxygens (including phenoxy) is 2. The van der Waals surface area contributed by atoms with Crippen molar-refractivity contribution in [3.63, 3.8) is 0 Å². The third-order valence-electron chi connectivity index (χ3n) is 2.19. The summed E-state index contributed by atoms with van der Waals surface area (Å²) in [6.45, 7) is 0.363. The second-order valence-electron chi connectivity index (χ2n) is 3.32. The Morgan fingerprint density at radius 3 is 2.41 bits per heavy atom. The number of nitrogens with two attached hydrogens (primary N) is 1. The summed E-state index contributed by atoms with van der Waals surface area (Å²) in [6, 6.07) is 10.8. The smallest absolute Gasteiger partial charge is 0.239 e. The molecule has 0 amide bonds. The summed E-state index contributed by atoms with van der Waals surface area (Å²) >= 11 is 0. The number of nitrogens with zero attached hydrogens (tertiary/aromatic N) is 2. The Hall–Kier alpha value is -2.14. The lowest BCUT2D eigenvalue weighted by atomic mass is 10.3. The Labute approximate surface area is 99.2 Å². The molecule has 5 nitrogen and oxygen atoms in total. The van der Waals surface area contributed by atoms with Crippen molar-refractivity contribution >= 4 is 0 Å². The topological polar surface area (TPSA) is 70.3 Å². The molecule has 1 aromatic carbocycles. The zero-order chi connectivity index (χ0) is 12.1. The van der Waals surface area contributed by atoms with Crippen molar-refractivity contribution in [1.29, 1.82) is 0 Å². The fraction of sp³-hybridized carbons (Fsp3) is 0.167. The van der Waals surface area contributed by atoms with Crippen molar-refractivity contribution in [2.45, 2.75) is 6.54 Å². The summed E-state index contributed by atoms with van der Waals surface area (Å²) in [6.07, 6.45) is 0. The first-order valence-electron chi connectivity index (χ1n) is 5.17. The largest absolute Gasteiger partial charge is 0.493 e. The number of hydrogen-bond donors (Lipinski definition) is 1. The molecule has 17 heavy (non-hydrogen) atoms. The van der Waals surface area contributed by atoms with E-state index in [0.717, 1.165) is 5.69 Å². The summed E-state index contributed by atoms with van der Waals surface area (Å²) in [7, 11) is 1.59. The lowest BCUT2D eigenvalue weighted by molar-refractivity contribution is 0.372. The van der Waals surface area contributed by atoms with Gasteiger partial charge in [0.2, 0.25) is 5.88 Å². The molecule has 0 aliphatic rings. The van der Waals surface area contributed by atoms with Gasteiger partial charge in [-0.1, -0.05) is 12.1 Å². The molecule has 0 saturated heterocycles. The van der Waals surface area contributed by atoms with Crippen LogP contribution in [-0.4, -0.2) is 17.3 Å². The molecule has 2 rings (SSSR count). The average Bonchev–Trinajstić information content (AvgIpc) is 2.40. The molecule has 0 radical (unpaired) electrons. The Kier molecular flexibility index (Phi) is 3.52. The molecule has 1 aromatic heterocycles. The van der Waals surface area contributed by atoms with Crippen molar-refractivity contribution in [2.75, 3.05) is 7.11 Å². The molecule has 5 heteroatoms. The zero-order valence-corrected chi connectivity index (χ0v) is 9.46. The molecule has 0 fully saturated rings. The zero-order valence-electron chi connectivity index (χ0n) is 9.46. The van der Waals surface area contributed by atoms with Crippen LogP contribution in [0, 0.1) is 0 Å². The van der Waals surface area contributed by atoms with Crippen molar-refractivity contribution in [2.24, 2.45) is 5.73 Å². The first-order valence-corrected chi connectivity index (χ1v) is 5.17. The van der Waals surface area contributed by atoms with Gasteiger partial charge in [0.05, 0.1) is 12.8 Å². The fourth-order valence-corrected chi connectivity index (χ4v) is 1.33. The minimum atomic E-state index is 0.363. The number of benzene rings is 1. The van der Waals surface area contributed by atoms with Crippen LogP contribution < -0.4 is 15.2 Å². The van der Waals surface area contributed by atoms with E-state index in [1.807, 2.05) is 18.2 Å². The third kappa shape index (κ3) is 2.70. The molecule has 0 saturated carbocycles. The molecular formula is C12H13N3O2. The molecule has 0 aliphatic carbocycles. The van der Waals surface area contributed by atoms with E-state index in [9.17, 15) is 0 Å². The predicted octanol–water partition coefficient (Wildman–Crippen LogP) is 1.74. The highest BCUT2D eigenvalue weighted by molar-refractivity contribution is 5.41. The number of methoxy groups -OCH3 is 1. The van der Waals surface area contributed by atoms with Gasteiger partial charge in [0.25, 0.3) is 0 Å². The molecule has 0 unspecified atom stereocenters. The molecule has 0 atom stereocenters. The molecule has 2 aromatic rings. The van der Waals surface area contributed by atoms with Crippen molar-refractivity contribution in [1.82, 2.24) is 10.2 Å². The monoisotopic (exact) mass is 231 g/mol. The van der Waals surface area contributed by atoms with Crippen molar-refractivity contribution in [3.8, 4) is 17.4 Å². The van der Waals surface area contributed by atoms with Crippen LogP contribution >= 0.6 is 0 Å². The maximum Gasteiger partial charge on any atom is 0.239 e. The van der Waals surface area contributed by atoms with E-state index in [2.05, 4.69) is 10.2 Å². The lowest BCUT2D eigenvalue weighted by Gasteiger charge is -2.08. The van der Waals surface area contributed by atoms with E-state index in [1.54, 1.807) is 25.3 Å². The Balaban J connectivity index is 2.19. The highest BCUT2D eigenvalue weighted by Gasteiger charge is 2.05. The van der Waals surface area contributed by atoms with Crippen LogP contribution in [0.15, 0.2) is 36.4 Å². The van der Waals surface area contributed by atoms with Crippen LogP contribution in [0.1, 0.15) is 5.69 Å². The van der Waals surface area contributed by atoms with E-state index >= 15 is 0 Å². The molecule has 0 spiro atoms. The molecule has 88 valence electrons. The first-order chi connectivity index (χ1) is 8.33. The van der Waals surface area contributed by atoms with Gasteiger partial charge in [-0.25, -0.2) is 0 Å². The van der Waals surface area contributed by atoms with E-state index in [-0.39, 0.29) is 0 Å². The van der Waals surface area contributed by atoms with Gasteiger partial charge in [-0.2, -0.15) is 5.10 Å². The maximum absolute atomic E-state index is 5.56. The van der Waals surface area contributed by atoms with Crippen molar-refractivity contribution in [3.05, 3.63) is 42.1 Å². The van der Waals surface area contributed by atoms with Crippen molar-refractivity contribution < 1.29 is 9.47 Å². The van der Waals surface area contributed by atoms with Gasteiger partial charge in [0.15, 0.2) is 11.5 Å². The predicted molar refractivity (Wildman–Crippen MR) is 63.0 cm³/mol. The second kappa shape index (κ2) is 5.27. The molecule has 0 aliphatic heterocycles. The van der Waals surface area contributed by atoms with E-state index in [0.29, 0.717) is 23.9 Å². The van der Waals surface area contributed by atoms with Crippen LogP contribution in [0.3, 0.4) is 0 Å². The van der Waals surface area contributed by atoms with E-state index < -0.39 is 0 Å². The molecule has 1 heterocycles. The minimum Gasteiger partial charge on any atom is -0.493 e. The summed E-state index contributed by atoms with van der Waals surface area (Å²) in [5.41, 5.74) is 6.15. The summed E-state index contributed by atoms with van der Waals surface area (Å²) < 4.78 is 10.7. The molecular weight excluding hydrogens is 218 g/mol. The lowest BCUT2D eigenvalue weighted by Crippen LogP contribution is -2.01. The SMILES string of the molecule is COc1ccccc1Oc1ccc(CN)nn1. The van der Waals surface area contributed by atoms with Gasteiger partial charge in [-0.05, 0) is 18.2 Å². The van der Waals surface area contributed by atoms with Gasteiger partial charge in [-0.15, -0.1) is 5.10 Å². The highest BCUT2D eigenvalue weighted by Crippen LogP contribution is 2.29. The number of para-hydroxylation sites is 2. The summed E-state index contributed by atoms with van der Waals surface area (Å²) in [5.74, 6) is 1.66. The van der Waals surface area contributed by atoms with Gasteiger partial charge in [0, 0.05) is 12.6 Å². The number of rotatable bonds is 4. The highest BCUT2D eigenvalue weighted by atomic mass is 16.5. The Morgan fingerprint density at radius 2 is 1.82 bits per heavy atom. The van der Waals surface area contributed by atoms with Crippen LogP contribution in [0.5, 0.6) is 17.4 Å². The Morgan fingerprint density at radius 1 is 1.06 bits per heavy atom. The minimum absolute atomic E-state index is 0.363. The van der Waals surface area contributed by atoms with Crippen LogP contribution in [0.4, 0.5) is 0 Å². The Bertz CT molecular complexity index is 485. The van der Waals surface area contributed by atoms with Gasteiger partial charge < -0.3 is 15.2 Å². The first kappa shape index (κ1) is 11.3.